The molecule has 3 aromatic carbocycles. The zero-order valence-electron chi connectivity index (χ0n) is 13.7. The van der Waals surface area contributed by atoms with Crippen molar-refractivity contribution < 1.29 is 4.74 Å². The topological polar surface area (TPSA) is 21.6 Å². The molecule has 0 bridgehead atoms. The lowest BCUT2D eigenvalue weighted by Gasteiger charge is -2.10. The second-order valence-corrected chi connectivity index (χ2v) is 6.92. The highest BCUT2D eigenvalue weighted by Gasteiger charge is 2.05. The van der Waals surface area contributed by atoms with Crippen molar-refractivity contribution in [1.29, 1.82) is 0 Å². The van der Waals surface area contributed by atoms with E-state index < -0.39 is 0 Å². The molecule has 0 saturated heterocycles. The molecule has 0 aliphatic rings. The predicted molar refractivity (Wildman–Crippen MR) is 108 cm³/mol. The minimum atomic E-state index is 0.513. The van der Waals surface area contributed by atoms with Crippen molar-refractivity contribution in [3.63, 3.8) is 0 Å². The molecule has 0 fully saturated rings. The molecular weight excluding hydrogens is 398 g/mol. The van der Waals surface area contributed by atoms with Crippen LogP contribution >= 0.6 is 27.5 Å². The third kappa shape index (κ3) is 4.71. The van der Waals surface area contributed by atoms with Gasteiger partial charge in [-0.1, -0.05) is 63.9 Å². The van der Waals surface area contributed by atoms with Gasteiger partial charge in [-0.25, -0.2) is 0 Å². The summed E-state index contributed by atoms with van der Waals surface area (Å²) in [6, 6.07) is 21.7. The number of nitrogens with zero attached hydrogens (tertiary/aromatic N) is 1. The number of rotatable bonds is 5. The molecule has 4 heteroatoms. The second kappa shape index (κ2) is 8.32. The first-order chi connectivity index (χ1) is 12.1. The Balaban J connectivity index is 1.84. The molecule has 0 aliphatic heterocycles. The highest BCUT2D eigenvalue weighted by Crippen LogP contribution is 2.27. The van der Waals surface area contributed by atoms with Crippen LogP contribution in [0.15, 0.2) is 76.2 Å². The summed E-state index contributed by atoms with van der Waals surface area (Å²) in [7, 11) is 0. The minimum absolute atomic E-state index is 0.513. The monoisotopic (exact) mass is 413 g/mol. The van der Waals surface area contributed by atoms with Crippen molar-refractivity contribution in [2.75, 3.05) is 0 Å². The van der Waals surface area contributed by atoms with E-state index >= 15 is 0 Å². The van der Waals surface area contributed by atoms with Crippen LogP contribution in [-0.2, 0) is 6.61 Å². The van der Waals surface area contributed by atoms with Crippen LogP contribution in [0.5, 0.6) is 5.75 Å². The van der Waals surface area contributed by atoms with Crippen molar-refractivity contribution in [2.45, 2.75) is 13.5 Å². The van der Waals surface area contributed by atoms with Gasteiger partial charge in [0.1, 0.15) is 12.4 Å². The van der Waals surface area contributed by atoms with Gasteiger partial charge in [-0.15, -0.1) is 0 Å². The summed E-state index contributed by atoms with van der Waals surface area (Å²) in [5, 5.41) is 0.712. The summed E-state index contributed by atoms with van der Waals surface area (Å²) in [4.78, 5) is 4.58. The molecule has 3 rings (SSSR count). The highest BCUT2D eigenvalue weighted by molar-refractivity contribution is 9.10. The van der Waals surface area contributed by atoms with E-state index in [0.29, 0.717) is 11.6 Å². The van der Waals surface area contributed by atoms with Crippen LogP contribution < -0.4 is 4.74 Å². The molecule has 3 aromatic rings. The van der Waals surface area contributed by atoms with E-state index in [1.165, 1.54) is 0 Å². The Labute approximate surface area is 161 Å². The van der Waals surface area contributed by atoms with Crippen LogP contribution in [-0.4, -0.2) is 6.21 Å². The van der Waals surface area contributed by atoms with Crippen LogP contribution in [0, 0.1) is 6.92 Å². The van der Waals surface area contributed by atoms with Gasteiger partial charge < -0.3 is 4.74 Å². The van der Waals surface area contributed by atoms with Gasteiger partial charge in [-0.2, -0.15) is 0 Å². The molecule has 0 unspecified atom stereocenters. The maximum Gasteiger partial charge on any atom is 0.128 e. The first-order valence-electron chi connectivity index (χ1n) is 7.89. The van der Waals surface area contributed by atoms with Gasteiger partial charge >= 0.3 is 0 Å². The van der Waals surface area contributed by atoms with Crippen LogP contribution in [0.2, 0.25) is 5.02 Å². The summed E-state index contributed by atoms with van der Waals surface area (Å²) in [6.45, 7) is 2.47. The maximum absolute atomic E-state index is 6.16. The van der Waals surface area contributed by atoms with E-state index in [1.54, 1.807) is 0 Å². The molecule has 126 valence electrons. The van der Waals surface area contributed by atoms with E-state index in [0.717, 1.165) is 32.6 Å². The van der Waals surface area contributed by atoms with Crippen molar-refractivity contribution in [2.24, 2.45) is 4.99 Å². The van der Waals surface area contributed by atoms with Crippen molar-refractivity contribution >= 4 is 39.4 Å². The Morgan fingerprint density at radius 2 is 1.84 bits per heavy atom. The average molecular weight is 415 g/mol. The zero-order valence-corrected chi connectivity index (χ0v) is 16.1. The summed E-state index contributed by atoms with van der Waals surface area (Å²) in [5.41, 5.74) is 3.84. The molecule has 0 N–H and O–H groups in total. The molecular formula is C21H17BrClNO. The van der Waals surface area contributed by atoms with E-state index in [-0.39, 0.29) is 0 Å². The molecule has 0 aliphatic carbocycles. The Kier molecular flexibility index (Phi) is 5.90. The lowest BCUT2D eigenvalue weighted by atomic mass is 10.2. The third-order valence-electron chi connectivity index (χ3n) is 3.79. The SMILES string of the molecule is Cc1c(Cl)cccc1N=Cc1cc(Br)ccc1OCc1ccccc1. The Hall–Kier alpha value is -2.10. The molecule has 0 aromatic heterocycles. The smallest absolute Gasteiger partial charge is 0.128 e. The number of ether oxygens (including phenoxy) is 1. The molecule has 2 nitrogen and oxygen atoms in total. The molecule has 0 atom stereocenters. The van der Waals surface area contributed by atoms with Gasteiger partial charge in [0.15, 0.2) is 0 Å². The fraction of sp³-hybridized carbons (Fsp3) is 0.0952. The van der Waals surface area contributed by atoms with E-state index in [1.807, 2.05) is 79.9 Å². The van der Waals surface area contributed by atoms with Gasteiger partial charge in [0.2, 0.25) is 0 Å². The third-order valence-corrected chi connectivity index (χ3v) is 4.69. The molecule has 0 radical (unpaired) electrons. The standard InChI is InChI=1S/C21H17BrClNO/c1-15-19(23)8-5-9-20(15)24-13-17-12-18(22)10-11-21(17)25-14-16-6-3-2-4-7-16/h2-13H,14H2,1H3. The summed E-state index contributed by atoms with van der Waals surface area (Å²) in [6.07, 6.45) is 1.81. The molecule has 0 saturated carbocycles. The number of hydrogen-bond donors (Lipinski definition) is 0. The van der Waals surface area contributed by atoms with Crippen LogP contribution in [0.25, 0.3) is 0 Å². The van der Waals surface area contributed by atoms with Crippen LogP contribution in [0.1, 0.15) is 16.7 Å². The number of aliphatic imine (C=N–C) groups is 1. The zero-order chi connectivity index (χ0) is 17.6. The van der Waals surface area contributed by atoms with Crippen molar-refractivity contribution in [3.05, 3.63) is 92.9 Å². The predicted octanol–water partition coefficient (Wildman–Crippen LogP) is 6.74. The average Bonchev–Trinajstić information content (AvgIpc) is 2.63. The van der Waals surface area contributed by atoms with Gasteiger partial charge in [0.25, 0.3) is 0 Å². The summed E-state index contributed by atoms with van der Waals surface area (Å²) >= 11 is 9.67. The lowest BCUT2D eigenvalue weighted by molar-refractivity contribution is 0.306. The van der Waals surface area contributed by atoms with Crippen LogP contribution in [0.3, 0.4) is 0 Å². The fourth-order valence-electron chi connectivity index (χ4n) is 2.36. The van der Waals surface area contributed by atoms with Gasteiger partial charge in [0.05, 0.1) is 5.69 Å². The second-order valence-electron chi connectivity index (χ2n) is 5.60. The first-order valence-corrected chi connectivity index (χ1v) is 9.06. The molecule has 0 amide bonds. The number of benzene rings is 3. The lowest BCUT2D eigenvalue weighted by Crippen LogP contribution is -1.98. The summed E-state index contributed by atoms with van der Waals surface area (Å²) < 4.78 is 6.96. The molecule has 25 heavy (non-hydrogen) atoms. The highest BCUT2D eigenvalue weighted by atomic mass is 79.9. The van der Waals surface area contributed by atoms with Crippen LogP contribution in [0.4, 0.5) is 5.69 Å². The normalized spacial score (nSPS) is 11.0. The molecule has 0 heterocycles. The largest absolute Gasteiger partial charge is 0.488 e. The van der Waals surface area contributed by atoms with Gasteiger partial charge in [0, 0.05) is 21.3 Å². The van der Waals surface area contributed by atoms with Crippen molar-refractivity contribution in [3.8, 4) is 5.75 Å². The first kappa shape index (κ1) is 17.7. The van der Waals surface area contributed by atoms with E-state index in [9.17, 15) is 0 Å². The summed E-state index contributed by atoms with van der Waals surface area (Å²) in [5.74, 6) is 0.787. The van der Waals surface area contributed by atoms with E-state index in [4.69, 9.17) is 16.3 Å². The maximum atomic E-state index is 6.16. The van der Waals surface area contributed by atoms with Crippen molar-refractivity contribution in [1.82, 2.24) is 0 Å². The fourth-order valence-corrected chi connectivity index (χ4v) is 2.91. The van der Waals surface area contributed by atoms with Gasteiger partial charge in [-0.3, -0.25) is 4.99 Å². The number of halogens is 2. The number of hydrogen-bond acceptors (Lipinski definition) is 2. The van der Waals surface area contributed by atoms with E-state index in [2.05, 4.69) is 20.9 Å². The molecule has 0 spiro atoms. The Bertz CT molecular complexity index is 894. The minimum Gasteiger partial charge on any atom is -0.488 e. The quantitative estimate of drug-likeness (QED) is 0.424. The Morgan fingerprint density at radius 1 is 1.04 bits per heavy atom. The van der Waals surface area contributed by atoms with Gasteiger partial charge in [-0.05, 0) is 48.4 Å². The Morgan fingerprint density at radius 3 is 2.64 bits per heavy atom.